The van der Waals surface area contributed by atoms with Gasteiger partial charge < -0.3 is 4.74 Å². The minimum Gasteiger partial charge on any atom is -0.373 e. The topological polar surface area (TPSA) is 78.6 Å². The molecule has 3 aromatic heterocycles. The molecule has 0 spiro atoms. The molecule has 2 atom stereocenters. The molecule has 5 aliphatic rings. The molecule has 0 radical (unpaired) electrons. The molecule has 0 aromatic carbocycles. The lowest BCUT2D eigenvalue weighted by atomic mass is 9.34. The van der Waals surface area contributed by atoms with Crippen molar-refractivity contribution in [3.63, 3.8) is 0 Å². The summed E-state index contributed by atoms with van der Waals surface area (Å²) in [5, 5.41) is 4.50. The van der Waals surface area contributed by atoms with E-state index in [1.54, 1.807) is 0 Å². The fourth-order valence-corrected chi connectivity index (χ4v) is 6.34. The van der Waals surface area contributed by atoms with E-state index in [-0.39, 0.29) is 31.3 Å². The number of halogens is 3. The molecule has 0 unspecified atom stereocenters. The minimum atomic E-state index is -4.17. The van der Waals surface area contributed by atoms with Crippen molar-refractivity contribution in [3.8, 4) is 0 Å². The maximum absolute atomic E-state index is 13.6. The second kappa shape index (κ2) is 6.99. The normalized spacial score (nSPS) is 32.4. The van der Waals surface area contributed by atoms with Gasteiger partial charge in [-0.2, -0.15) is 18.3 Å². The molecular formula is C25H27F3N6O. The smallest absolute Gasteiger partial charge is 0.373 e. The van der Waals surface area contributed by atoms with E-state index in [0.29, 0.717) is 41.8 Å². The molecule has 0 N–H and O–H groups in total. The van der Waals surface area contributed by atoms with Crippen molar-refractivity contribution in [1.29, 1.82) is 0 Å². The van der Waals surface area contributed by atoms with Crippen LogP contribution >= 0.6 is 0 Å². The Labute approximate surface area is 200 Å². The van der Waals surface area contributed by atoms with E-state index in [1.165, 1.54) is 12.8 Å². The maximum Gasteiger partial charge on any atom is 0.394 e. The fourth-order valence-electron chi connectivity index (χ4n) is 6.34. The van der Waals surface area contributed by atoms with E-state index in [4.69, 9.17) is 19.7 Å². The molecule has 35 heavy (non-hydrogen) atoms. The summed E-state index contributed by atoms with van der Waals surface area (Å²) in [5.41, 5.74) is 2.16. The van der Waals surface area contributed by atoms with Crippen LogP contribution in [0.25, 0.3) is 11.2 Å². The van der Waals surface area contributed by atoms with Crippen molar-refractivity contribution in [1.82, 2.24) is 29.7 Å². The van der Waals surface area contributed by atoms with Crippen molar-refractivity contribution in [3.05, 3.63) is 40.9 Å². The van der Waals surface area contributed by atoms with E-state index >= 15 is 0 Å². The monoisotopic (exact) mass is 484 g/mol. The number of alkyl halides is 3. The first-order valence-corrected chi connectivity index (χ1v) is 12.4. The summed E-state index contributed by atoms with van der Waals surface area (Å²) in [6, 6.07) is 0.507. The summed E-state index contributed by atoms with van der Waals surface area (Å²) in [6.07, 6.45) is 3.74. The Kier molecular flexibility index (Phi) is 4.32. The lowest BCUT2D eigenvalue weighted by Crippen LogP contribution is -2.70. The number of rotatable bonds is 4. The molecule has 4 aliphatic carbocycles. The Balaban J connectivity index is 1.24. The average molecular weight is 485 g/mol. The van der Waals surface area contributed by atoms with Crippen molar-refractivity contribution < 1.29 is 17.9 Å². The van der Waals surface area contributed by atoms with E-state index in [1.807, 2.05) is 24.7 Å². The van der Waals surface area contributed by atoms with Crippen LogP contribution in [0.4, 0.5) is 13.2 Å². The van der Waals surface area contributed by atoms with Gasteiger partial charge in [0.1, 0.15) is 11.3 Å². The van der Waals surface area contributed by atoms with Gasteiger partial charge >= 0.3 is 6.18 Å². The number of ether oxygens (including phenoxy) is 1. The number of nitrogens with zero attached hydrogens (tertiary/aromatic N) is 6. The Bertz CT molecular complexity index is 1330. The molecule has 8 rings (SSSR count). The van der Waals surface area contributed by atoms with Gasteiger partial charge in [-0.3, -0.25) is 4.68 Å². The quantitative estimate of drug-likeness (QED) is 0.507. The molecule has 184 valence electrons. The van der Waals surface area contributed by atoms with Gasteiger partial charge in [0.25, 0.3) is 0 Å². The first kappa shape index (κ1) is 21.6. The number of hydrogen-bond acceptors (Lipinski definition) is 6. The highest BCUT2D eigenvalue weighted by molar-refractivity contribution is 5.75. The SMILES string of the molecule is Cc1nc2nc([C@@H]3CCO[C@@H](c4cnn(C5CC5)c4)C3)nc(C34CC(C(F)(F)F)(C3)C4)c2nc1C. The Morgan fingerprint density at radius 3 is 2.46 bits per heavy atom. The highest BCUT2D eigenvalue weighted by atomic mass is 19.4. The number of aryl methyl sites for hydroxylation is 2. The van der Waals surface area contributed by atoms with Gasteiger partial charge in [0, 0.05) is 29.7 Å². The van der Waals surface area contributed by atoms with Crippen LogP contribution in [0.5, 0.6) is 0 Å². The summed E-state index contributed by atoms with van der Waals surface area (Å²) in [4.78, 5) is 19.1. The summed E-state index contributed by atoms with van der Waals surface area (Å²) >= 11 is 0. The second-order valence-corrected chi connectivity index (χ2v) is 11.2. The predicted molar refractivity (Wildman–Crippen MR) is 120 cm³/mol. The maximum atomic E-state index is 13.6. The highest BCUT2D eigenvalue weighted by Crippen LogP contribution is 2.78. The average Bonchev–Trinajstić information content (AvgIpc) is 3.48. The fraction of sp³-hybridized carbons (Fsp3) is 0.640. The van der Waals surface area contributed by atoms with Crippen molar-refractivity contribution in [2.24, 2.45) is 5.41 Å². The lowest BCUT2D eigenvalue weighted by Gasteiger charge is -2.70. The molecule has 1 aliphatic heterocycles. The number of fused-ring (bicyclic) bond motifs is 1. The van der Waals surface area contributed by atoms with Gasteiger partial charge in [-0.25, -0.2) is 19.9 Å². The van der Waals surface area contributed by atoms with Crippen LogP contribution in [0.3, 0.4) is 0 Å². The Morgan fingerprint density at radius 1 is 1.00 bits per heavy atom. The molecular weight excluding hydrogens is 457 g/mol. The highest BCUT2D eigenvalue weighted by Gasteiger charge is 2.79. The van der Waals surface area contributed by atoms with E-state index in [0.717, 1.165) is 23.4 Å². The zero-order valence-corrected chi connectivity index (χ0v) is 19.8. The van der Waals surface area contributed by atoms with Gasteiger partial charge in [-0.05, 0) is 58.8 Å². The van der Waals surface area contributed by atoms with Gasteiger partial charge in [0.2, 0.25) is 0 Å². The predicted octanol–water partition coefficient (Wildman–Crippen LogP) is 5.19. The molecule has 4 heterocycles. The molecule has 2 bridgehead atoms. The lowest BCUT2D eigenvalue weighted by molar-refractivity contribution is -0.337. The van der Waals surface area contributed by atoms with Crippen LogP contribution in [0, 0.1) is 19.3 Å². The van der Waals surface area contributed by atoms with Crippen LogP contribution in [0.15, 0.2) is 12.4 Å². The first-order chi connectivity index (χ1) is 16.7. The van der Waals surface area contributed by atoms with E-state index in [2.05, 4.69) is 16.3 Å². The molecule has 1 saturated heterocycles. The van der Waals surface area contributed by atoms with Crippen LogP contribution in [0.1, 0.15) is 91.5 Å². The third kappa shape index (κ3) is 3.17. The van der Waals surface area contributed by atoms with Gasteiger partial charge in [0.05, 0.1) is 40.8 Å². The standard InChI is InChI=1S/C25H27F3N6O/c1-13-14(2)31-22-19(30-13)20(23-10-24(11-23,12-23)25(26,27)28)32-21(33-22)15-5-6-35-18(7-15)16-8-29-34(9-16)17-3-4-17/h8-9,15,17-18H,3-7,10-12H2,1-2H3/t15-,18-,23?,24?/m1/s1. The zero-order valence-electron chi connectivity index (χ0n) is 19.8. The van der Waals surface area contributed by atoms with Crippen LogP contribution in [-0.2, 0) is 10.2 Å². The zero-order chi connectivity index (χ0) is 24.2. The Hall–Kier alpha value is -2.62. The first-order valence-electron chi connectivity index (χ1n) is 12.4. The van der Waals surface area contributed by atoms with Crippen LogP contribution in [-0.4, -0.2) is 42.5 Å². The van der Waals surface area contributed by atoms with E-state index in [9.17, 15) is 13.2 Å². The second-order valence-electron chi connectivity index (χ2n) is 11.2. The molecule has 7 nitrogen and oxygen atoms in total. The van der Waals surface area contributed by atoms with Gasteiger partial charge in [0.15, 0.2) is 5.65 Å². The summed E-state index contributed by atoms with van der Waals surface area (Å²) < 4.78 is 48.9. The number of hydrogen-bond donors (Lipinski definition) is 0. The molecule has 3 aromatic rings. The number of aromatic nitrogens is 6. The third-order valence-electron chi connectivity index (χ3n) is 8.66. The Morgan fingerprint density at radius 2 is 1.74 bits per heavy atom. The van der Waals surface area contributed by atoms with E-state index < -0.39 is 17.0 Å². The van der Waals surface area contributed by atoms with Crippen LogP contribution < -0.4 is 0 Å². The van der Waals surface area contributed by atoms with Crippen molar-refractivity contribution >= 4 is 11.2 Å². The largest absolute Gasteiger partial charge is 0.394 e. The summed E-state index contributed by atoms with van der Waals surface area (Å²) in [6.45, 7) is 4.32. The molecule has 0 amide bonds. The summed E-state index contributed by atoms with van der Waals surface area (Å²) in [7, 11) is 0. The molecule has 10 heteroatoms. The molecule has 5 fully saturated rings. The van der Waals surface area contributed by atoms with Crippen molar-refractivity contribution in [2.75, 3.05) is 6.61 Å². The third-order valence-corrected chi connectivity index (χ3v) is 8.66. The van der Waals surface area contributed by atoms with Crippen molar-refractivity contribution in [2.45, 2.75) is 88.4 Å². The van der Waals surface area contributed by atoms with Gasteiger partial charge in [-0.15, -0.1) is 0 Å². The summed E-state index contributed by atoms with van der Waals surface area (Å²) in [5.74, 6) is 0.687. The van der Waals surface area contributed by atoms with Crippen LogP contribution in [0.2, 0.25) is 0 Å². The molecule has 4 saturated carbocycles. The minimum absolute atomic E-state index is 0.0357. The van der Waals surface area contributed by atoms with Gasteiger partial charge in [-0.1, -0.05) is 0 Å².